The Labute approximate surface area is 136 Å². The molecule has 1 aliphatic rings. The van der Waals surface area contributed by atoms with E-state index in [1.54, 1.807) is 20.8 Å². The topological polar surface area (TPSA) is 90.0 Å². The van der Waals surface area contributed by atoms with Crippen LogP contribution in [0.25, 0.3) is 0 Å². The van der Waals surface area contributed by atoms with Crippen molar-refractivity contribution in [3.63, 3.8) is 0 Å². The van der Waals surface area contributed by atoms with Crippen molar-refractivity contribution in [1.82, 2.24) is 4.90 Å². The van der Waals surface area contributed by atoms with E-state index in [1.807, 2.05) is 0 Å². The van der Waals surface area contributed by atoms with E-state index in [1.165, 1.54) is 18.9 Å². The zero-order valence-corrected chi connectivity index (χ0v) is 14.4. The van der Waals surface area contributed by atoms with E-state index in [4.69, 9.17) is 9.47 Å². The summed E-state index contributed by atoms with van der Waals surface area (Å²) < 4.78 is 10.1. The number of esters is 1. The first-order chi connectivity index (χ1) is 10.5. The number of amides is 1. The lowest BCUT2D eigenvalue weighted by Gasteiger charge is -2.39. The third-order valence-corrected chi connectivity index (χ3v) is 3.73. The lowest BCUT2D eigenvalue weighted by molar-refractivity contribution is -0.162. The molecule has 0 unspecified atom stereocenters. The SMILES string of the molecule is COC(=O)[C@@]1(CCC(C)=O)CN(C(=O)OC(C)(C)C)CCC1=O. The third-order valence-electron chi connectivity index (χ3n) is 3.73. The average Bonchev–Trinajstić information content (AvgIpc) is 2.43. The van der Waals surface area contributed by atoms with Crippen LogP contribution in [0.1, 0.15) is 47.0 Å². The lowest BCUT2D eigenvalue weighted by Crippen LogP contribution is -2.56. The molecule has 1 fully saturated rings. The minimum atomic E-state index is -1.49. The fraction of sp³-hybridized carbons (Fsp3) is 0.750. The number of Topliss-reactive ketones (excluding diaryl/α,β-unsaturated/α-hetero) is 2. The lowest BCUT2D eigenvalue weighted by atomic mass is 9.74. The summed E-state index contributed by atoms with van der Waals surface area (Å²) in [5, 5.41) is 0. The zero-order chi connectivity index (χ0) is 17.8. The zero-order valence-electron chi connectivity index (χ0n) is 14.4. The van der Waals surface area contributed by atoms with Crippen LogP contribution < -0.4 is 0 Å². The van der Waals surface area contributed by atoms with Crippen molar-refractivity contribution < 1.29 is 28.7 Å². The maximum Gasteiger partial charge on any atom is 0.410 e. The Hall–Kier alpha value is -1.92. The quantitative estimate of drug-likeness (QED) is 0.577. The van der Waals surface area contributed by atoms with E-state index in [2.05, 4.69) is 0 Å². The van der Waals surface area contributed by atoms with Crippen LogP contribution in [0.4, 0.5) is 4.79 Å². The molecule has 130 valence electrons. The van der Waals surface area contributed by atoms with Crippen LogP contribution in [0.5, 0.6) is 0 Å². The van der Waals surface area contributed by atoms with Gasteiger partial charge < -0.3 is 19.2 Å². The highest BCUT2D eigenvalue weighted by atomic mass is 16.6. The molecule has 7 nitrogen and oxygen atoms in total. The summed E-state index contributed by atoms with van der Waals surface area (Å²) in [7, 11) is 1.19. The number of methoxy groups -OCH3 is 1. The van der Waals surface area contributed by atoms with Crippen molar-refractivity contribution in [1.29, 1.82) is 0 Å². The largest absolute Gasteiger partial charge is 0.468 e. The first-order valence-electron chi connectivity index (χ1n) is 7.61. The van der Waals surface area contributed by atoms with Gasteiger partial charge in [-0.2, -0.15) is 0 Å². The van der Waals surface area contributed by atoms with E-state index in [0.29, 0.717) is 0 Å². The van der Waals surface area contributed by atoms with Gasteiger partial charge in [-0.05, 0) is 34.1 Å². The van der Waals surface area contributed by atoms with Gasteiger partial charge in [0.2, 0.25) is 0 Å². The van der Waals surface area contributed by atoms with Gasteiger partial charge in [0.25, 0.3) is 0 Å². The molecule has 1 heterocycles. The Balaban J connectivity index is 3.02. The molecule has 0 saturated carbocycles. The van der Waals surface area contributed by atoms with Crippen LogP contribution >= 0.6 is 0 Å². The van der Waals surface area contributed by atoms with Gasteiger partial charge >= 0.3 is 12.1 Å². The normalized spacial score (nSPS) is 21.8. The van der Waals surface area contributed by atoms with E-state index < -0.39 is 23.1 Å². The summed E-state index contributed by atoms with van der Waals surface area (Å²) >= 11 is 0. The van der Waals surface area contributed by atoms with Crippen LogP contribution in [0.3, 0.4) is 0 Å². The Bertz CT molecular complexity index is 497. The molecule has 0 radical (unpaired) electrons. The number of rotatable bonds is 4. The maximum absolute atomic E-state index is 12.4. The minimum absolute atomic E-state index is 0.0340. The van der Waals surface area contributed by atoms with Crippen LogP contribution in [-0.2, 0) is 23.9 Å². The number of ether oxygens (including phenoxy) is 2. The van der Waals surface area contributed by atoms with Gasteiger partial charge in [-0.15, -0.1) is 0 Å². The molecule has 7 heteroatoms. The monoisotopic (exact) mass is 327 g/mol. The number of ketones is 2. The van der Waals surface area contributed by atoms with Gasteiger partial charge in [-0.3, -0.25) is 9.59 Å². The van der Waals surface area contributed by atoms with Crippen molar-refractivity contribution in [3.05, 3.63) is 0 Å². The maximum atomic E-state index is 12.4. The summed E-state index contributed by atoms with van der Waals surface area (Å²) in [5.41, 5.74) is -2.17. The molecule has 1 amide bonds. The number of piperidine rings is 1. The fourth-order valence-corrected chi connectivity index (χ4v) is 2.53. The van der Waals surface area contributed by atoms with Crippen LogP contribution in [0, 0.1) is 5.41 Å². The molecule has 0 N–H and O–H groups in total. The molecular weight excluding hydrogens is 302 g/mol. The van der Waals surface area contributed by atoms with Gasteiger partial charge in [-0.1, -0.05) is 0 Å². The van der Waals surface area contributed by atoms with Crippen molar-refractivity contribution >= 4 is 23.6 Å². The Morgan fingerprint density at radius 1 is 1.26 bits per heavy atom. The minimum Gasteiger partial charge on any atom is -0.468 e. The Morgan fingerprint density at radius 2 is 1.87 bits per heavy atom. The van der Waals surface area contributed by atoms with E-state index in [-0.39, 0.29) is 43.9 Å². The molecular formula is C16H25NO6. The smallest absolute Gasteiger partial charge is 0.410 e. The number of hydrogen-bond acceptors (Lipinski definition) is 6. The molecule has 0 aliphatic carbocycles. The predicted molar refractivity (Wildman–Crippen MR) is 81.8 cm³/mol. The van der Waals surface area contributed by atoms with Crippen LogP contribution in [0.2, 0.25) is 0 Å². The molecule has 0 aromatic carbocycles. The van der Waals surface area contributed by atoms with Gasteiger partial charge in [0, 0.05) is 25.9 Å². The Morgan fingerprint density at radius 3 is 2.35 bits per heavy atom. The average molecular weight is 327 g/mol. The summed E-state index contributed by atoms with van der Waals surface area (Å²) in [6, 6.07) is 0. The molecule has 1 aliphatic heterocycles. The number of likely N-dealkylation sites (tertiary alicyclic amines) is 1. The highest BCUT2D eigenvalue weighted by Crippen LogP contribution is 2.34. The highest BCUT2D eigenvalue weighted by molar-refractivity contribution is 6.05. The number of carbonyl (C=O) groups is 4. The van der Waals surface area contributed by atoms with Crippen LogP contribution in [0.15, 0.2) is 0 Å². The second-order valence-electron chi connectivity index (χ2n) is 6.85. The third kappa shape index (κ3) is 4.77. The van der Waals surface area contributed by atoms with Crippen molar-refractivity contribution in [2.45, 2.75) is 52.6 Å². The molecule has 23 heavy (non-hydrogen) atoms. The van der Waals surface area contributed by atoms with Gasteiger partial charge in [0.05, 0.1) is 7.11 Å². The summed E-state index contributed by atoms with van der Waals surface area (Å²) in [6.07, 6.45) is -0.441. The summed E-state index contributed by atoms with van der Waals surface area (Å²) in [5.74, 6) is -1.14. The molecule has 0 aromatic heterocycles. The second-order valence-corrected chi connectivity index (χ2v) is 6.85. The molecule has 1 atom stereocenters. The molecule has 1 saturated heterocycles. The molecule has 0 aromatic rings. The van der Waals surface area contributed by atoms with Crippen molar-refractivity contribution in [2.24, 2.45) is 5.41 Å². The molecule has 0 spiro atoms. The van der Waals surface area contributed by atoms with Crippen molar-refractivity contribution in [2.75, 3.05) is 20.2 Å². The first-order valence-corrected chi connectivity index (χ1v) is 7.61. The predicted octanol–water partition coefficient (Wildman–Crippen LogP) is 1.72. The van der Waals surface area contributed by atoms with E-state index >= 15 is 0 Å². The first kappa shape index (κ1) is 19.1. The van der Waals surface area contributed by atoms with Gasteiger partial charge in [0.15, 0.2) is 5.78 Å². The highest BCUT2D eigenvalue weighted by Gasteiger charge is 2.51. The standard InChI is InChI=1S/C16H25NO6/c1-11(18)6-8-16(13(20)22-5)10-17(9-7-12(16)19)14(21)23-15(2,3)4/h6-10H2,1-5H3/t16-/m0/s1. The number of hydrogen-bond donors (Lipinski definition) is 0. The van der Waals surface area contributed by atoms with Crippen LogP contribution in [-0.4, -0.2) is 54.3 Å². The molecule has 1 rings (SSSR count). The summed E-state index contributed by atoms with van der Waals surface area (Å²) in [6.45, 7) is 6.67. The van der Waals surface area contributed by atoms with Gasteiger partial charge in [0.1, 0.15) is 16.8 Å². The summed E-state index contributed by atoms with van der Waals surface area (Å²) in [4.78, 5) is 49.5. The molecule has 0 bridgehead atoms. The van der Waals surface area contributed by atoms with E-state index in [9.17, 15) is 19.2 Å². The van der Waals surface area contributed by atoms with E-state index in [0.717, 1.165) is 0 Å². The van der Waals surface area contributed by atoms with Crippen molar-refractivity contribution in [3.8, 4) is 0 Å². The second kappa shape index (κ2) is 7.10. The fourth-order valence-electron chi connectivity index (χ4n) is 2.53. The number of carbonyl (C=O) groups excluding carboxylic acids is 4. The van der Waals surface area contributed by atoms with Gasteiger partial charge in [-0.25, -0.2) is 4.79 Å². The number of nitrogens with zero attached hydrogens (tertiary/aromatic N) is 1. The Kier molecular flexibility index (Phi) is 5.91.